The second kappa shape index (κ2) is 10.2. The van der Waals surface area contributed by atoms with Gasteiger partial charge >= 0.3 is 5.69 Å². The van der Waals surface area contributed by atoms with Gasteiger partial charge in [0, 0.05) is 56.9 Å². The number of amides is 1. The fourth-order valence-corrected chi connectivity index (χ4v) is 5.91. The van der Waals surface area contributed by atoms with Crippen LogP contribution in [0, 0.1) is 11.8 Å². The van der Waals surface area contributed by atoms with Crippen molar-refractivity contribution in [3.8, 4) is 0 Å². The van der Waals surface area contributed by atoms with E-state index >= 15 is 0 Å². The summed E-state index contributed by atoms with van der Waals surface area (Å²) in [7, 11) is 0. The van der Waals surface area contributed by atoms with E-state index in [-0.39, 0.29) is 12.4 Å². The molecule has 3 fully saturated rings. The zero-order valence-corrected chi connectivity index (χ0v) is 18.5. The van der Waals surface area contributed by atoms with Crippen molar-refractivity contribution >= 4 is 12.4 Å². The largest absolute Gasteiger partial charge is 0.483 e. The highest BCUT2D eigenvalue weighted by Gasteiger charge is 2.57. The first kappa shape index (κ1) is 23.0. The molecule has 2 N–H and O–H groups in total. The molecular weight excluding hydrogens is 424 g/mol. The molecular formula is C24H30N4O5. The second-order valence-electron chi connectivity index (χ2n) is 8.99. The maximum Gasteiger partial charge on any atom is 0.328 e. The molecule has 1 aromatic heterocycles. The lowest BCUT2D eigenvalue weighted by molar-refractivity contribution is -0.133. The number of H-pyrrole nitrogens is 1. The number of fused-ring (bicyclic) bond motifs is 5. The van der Waals surface area contributed by atoms with Crippen molar-refractivity contribution in [2.24, 2.45) is 11.8 Å². The van der Waals surface area contributed by atoms with Crippen molar-refractivity contribution in [1.82, 2.24) is 19.4 Å². The molecule has 1 aromatic carbocycles. The number of nitrogens with zero attached hydrogens (tertiary/aromatic N) is 3. The van der Waals surface area contributed by atoms with E-state index in [1.807, 2.05) is 0 Å². The summed E-state index contributed by atoms with van der Waals surface area (Å²) in [5.74, 6) is 1.31. The lowest BCUT2D eigenvalue weighted by Crippen LogP contribution is -2.41. The van der Waals surface area contributed by atoms with Gasteiger partial charge in [0.25, 0.3) is 12.0 Å². The molecule has 4 heterocycles. The molecule has 0 aliphatic carbocycles. The van der Waals surface area contributed by atoms with Crippen LogP contribution in [-0.2, 0) is 22.6 Å². The van der Waals surface area contributed by atoms with Crippen LogP contribution in [-0.4, -0.2) is 68.6 Å². The van der Waals surface area contributed by atoms with Crippen molar-refractivity contribution in [3.05, 3.63) is 69.0 Å². The van der Waals surface area contributed by atoms with Crippen molar-refractivity contribution in [3.63, 3.8) is 0 Å². The van der Waals surface area contributed by atoms with Crippen molar-refractivity contribution < 1.29 is 14.7 Å². The molecule has 0 saturated carbocycles. The van der Waals surface area contributed by atoms with Crippen LogP contribution in [0.3, 0.4) is 0 Å². The second-order valence-corrected chi connectivity index (χ2v) is 8.99. The van der Waals surface area contributed by atoms with Crippen molar-refractivity contribution in [1.29, 1.82) is 0 Å². The molecule has 1 amide bonds. The number of carbonyl (C=O) groups excluding carboxylic acids is 1. The van der Waals surface area contributed by atoms with Gasteiger partial charge in [0.2, 0.25) is 5.91 Å². The summed E-state index contributed by atoms with van der Waals surface area (Å²) in [6.07, 6.45) is 5.04. The Hall–Kier alpha value is -3.20. The lowest BCUT2D eigenvalue weighted by Gasteiger charge is -2.27. The van der Waals surface area contributed by atoms with Crippen LogP contribution >= 0.6 is 0 Å². The number of benzene rings is 1. The third kappa shape index (κ3) is 4.93. The highest BCUT2D eigenvalue weighted by molar-refractivity contribution is 5.77. The average Bonchev–Trinajstić information content (AvgIpc) is 3.49. The van der Waals surface area contributed by atoms with Gasteiger partial charge < -0.3 is 19.5 Å². The summed E-state index contributed by atoms with van der Waals surface area (Å²) in [4.78, 5) is 51.4. The standard InChI is InChI=1S/C23H28N4O3.CH2O2/c28-21-9-12-26(23(30)24-21)13-10-22(29)27-19-6-7-20(27)18-15-25(14-17(18)19)11-8-16-4-2-1-3-5-16;2-1-3/h1-5,9,12,17-20H,6-8,10-11,13-15H2,(H,24,28,30);1H,(H,2,3)/t17-,18+,19-,20+;. The van der Waals surface area contributed by atoms with E-state index in [1.54, 1.807) is 0 Å². The molecule has 2 bridgehead atoms. The molecule has 0 unspecified atom stereocenters. The minimum absolute atomic E-state index is 0.144. The molecule has 3 saturated heterocycles. The van der Waals surface area contributed by atoms with Crippen molar-refractivity contribution in [2.45, 2.75) is 44.3 Å². The number of nitrogens with one attached hydrogen (secondary N) is 1. The number of hydrogen-bond donors (Lipinski definition) is 2. The van der Waals surface area contributed by atoms with Gasteiger partial charge in [0.05, 0.1) is 0 Å². The van der Waals surface area contributed by atoms with Crippen LogP contribution in [0.25, 0.3) is 0 Å². The molecule has 9 nitrogen and oxygen atoms in total. The predicted octanol–water partition coefficient (Wildman–Crippen LogP) is 0.791. The summed E-state index contributed by atoms with van der Waals surface area (Å²) in [6, 6.07) is 12.6. The van der Waals surface area contributed by atoms with Crippen molar-refractivity contribution in [2.75, 3.05) is 19.6 Å². The van der Waals surface area contributed by atoms with E-state index in [0.717, 1.165) is 38.9 Å². The molecule has 0 spiro atoms. The van der Waals surface area contributed by atoms with E-state index in [4.69, 9.17) is 9.90 Å². The highest BCUT2D eigenvalue weighted by atomic mass is 16.3. The molecule has 5 rings (SSSR count). The smallest absolute Gasteiger partial charge is 0.328 e. The van der Waals surface area contributed by atoms with Gasteiger partial charge in [-0.05, 0) is 36.7 Å². The number of rotatable bonds is 6. The zero-order chi connectivity index (χ0) is 23.4. The van der Waals surface area contributed by atoms with Crippen LogP contribution in [0.1, 0.15) is 24.8 Å². The van der Waals surface area contributed by atoms with Crippen LogP contribution < -0.4 is 11.2 Å². The zero-order valence-electron chi connectivity index (χ0n) is 18.5. The topological polar surface area (TPSA) is 116 Å². The maximum absolute atomic E-state index is 13.0. The molecule has 2 aromatic rings. The Bertz CT molecular complexity index is 1060. The van der Waals surface area contributed by atoms with Crippen LogP contribution in [0.15, 0.2) is 52.2 Å². The Morgan fingerprint density at radius 3 is 2.27 bits per heavy atom. The van der Waals surface area contributed by atoms with Crippen LogP contribution in [0.5, 0.6) is 0 Å². The Balaban J connectivity index is 0.000000821. The Morgan fingerprint density at radius 1 is 1.03 bits per heavy atom. The number of carbonyl (C=O) groups is 2. The molecule has 4 atom stereocenters. The summed E-state index contributed by atoms with van der Waals surface area (Å²) in [5.41, 5.74) is 0.516. The van der Waals surface area contributed by atoms with Gasteiger partial charge in [-0.2, -0.15) is 0 Å². The molecule has 3 aliphatic heterocycles. The van der Waals surface area contributed by atoms with E-state index in [9.17, 15) is 14.4 Å². The van der Waals surface area contributed by atoms with Gasteiger partial charge in [-0.3, -0.25) is 19.4 Å². The van der Waals surface area contributed by atoms with Gasteiger partial charge in [0.15, 0.2) is 0 Å². The predicted molar refractivity (Wildman–Crippen MR) is 122 cm³/mol. The Kier molecular flexibility index (Phi) is 7.08. The number of carboxylic acid groups (broad SMARTS) is 1. The monoisotopic (exact) mass is 454 g/mol. The lowest BCUT2D eigenvalue weighted by atomic mass is 9.82. The minimum atomic E-state index is -0.453. The third-order valence-corrected chi connectivity index (χ3v) is 7.26. The summed E-state index contributed by atoms with van der Waals surface area (Å²) < 4.78 is 1.41. The number of hydrogen-bond acceptors (Lipinski definition) is 5. The normalized spacial score (nSPS) is 25.4. The van der Waals surface area contributed by atoms with E-state index in [1.165, 1.54) is 22.4 Å². The molecule has 33 heavy (non-hydrogen) atoms. The first-order chi connectivity index (χ1) is 16.0. The quantitative estimate of drug-likeness (QED) is 0.624. The molecule has 0 radical (unpaired) electrons. The van der Waals surface area contributed by atoms with E-state index in [2.05, 4.69) is 45.1 Å². The first-order valence-corrected chi connectivity index (χ1v) is 11.5. The third-order valence-electron chi connectivity index (χ3n) is 7.26. The summed E-state index contributed by atoms with van der Waals surface area (Å²) >= 11 is 0. The van der Waals surface area contributed by atoms with Gasteiger partial charge in [-0.1, -0.05) is 30.3 Å². The van der Waals surface area contributed by atoms with Gasteiger partial charge in [-0.25, -0.2) is 4.79 Å². The fraction of sp³-hybridized carbons (Fsp3) is 0.500. The Labute approximate surface area is 191 Å². The van der Waals surface area contributed by atoms with Crippen LogP contribution in [0.2, 0.25) is 0 Å². The Morgan fingerprint density at radius 2 is 1.67 bits per heavy atom. The first-order valence-electron chi connectivity index (χ1n) is 11.5. The molecule has 176 valence electrons. The van der Waals surface area contributed by atoms with Gasteiger partial charge in [-0.15, -0.1) is 0 Å². The molecule has 3 aliphatic rings. The highest BCUT2D eigenvalue weighted by Crippen LogP contribution is 2.49. The van der Waals surface area contributed by atoms with Crippen LogP contribution in [0.4, 0.5) is 0 Å². The minimum Gasteiger partial charge on any atom is -0.483 e. The number of aryl methyl sites for hydroxylation is 1. The fourth-order valence-electron chi connectivity index (χ4n) is 5.91. The molecule has 9 heteroatoms. The SMILES string of the molecule is O=C(CCn1ccc(=O)[nH]c1=O)N1[C@@H]2CC[C@H]1[C@H]1CN(CCc3ccccc3)C[C@H]12.O=CO. The maximum atomic E-state index is 13.0. The van der Waals surface area contributed by atoms with Gasteiger partial charge in [0.1, 0.15) is 0 Å². The number of likely N-dealkylation sites (tertiary alicyclic amines) is 1. The summed E-state index contributed by atoms with van der Waals surface area (Å²) in [5, 5.41) is 6.89. The number of aromatic amines is 1. The number of aromatic nitrogens is 2. The summed E-state index contributed by atoms with van der Waals surface area (Å²) in [6.45, 7) is 3.31. The van der Waals surface area contributed by atoms with E-state index < -0.39 is 11.2 Å². The average molecular weight is 455 g/mol. The van der Waals surface area contributed by atoms with E-state index in [0.29, 0.717) is 36.9 Å².